The Bertz CT molecular complexity index is 183. The Morgan fingerprint density at radius 1 is 1.12 bits per heavy atom. The highest BCUT2D eigenvalue weighted by molar-refractivity contribution is 4.83. The average Bonchev–Trinajstić information content (AvgIpc) is 2.43. The summed E-state index contributed by atoms with van der Waals surface area (Å²) in [6.07, 6.45) is 7.75. The average molecular weight is 227 g/mol. The number of aliphatic hydroxyl groups is 1. The summed E-state index contributed by atoms with van der Waals surface area (Å²) in [5.41, 5.74) is 0.195. The van der Waals surface area contributed by atoms with Crippen molar-refractivity contribution in [1.82, 2.24) is 4.90 Å². The second kappa shape index (κ2) is 6.61. The maximum absolute atomic E-state index is 9.72. The van der Waals surface area contributed by atoms with Crippen molar-refractivity contribution in [2.75, 3.05) is 26.7 Å². The van der Waals surface area contributed by atoms with Gasteiger partial charge in [0, 0.05) is 25.1 Å². The van der Waals surface area contributed by atoms with Crippen molar-refractivity contribution in [3.63, 3.8) is 0 Å². The second-order valence-electron chi connectivity index (χ2n) is 6.16. The standard InChI is InChI=1S/C14H29NO/c1-13(2)10-15(3)11-14(12-16)8-6-4-5-7-9-14/h13,16H,4-12H2,1-3H3. The Hall–Kier alpha value is -0.0800. The van der Waals surface area contributed by atoms with Crippen LogP contribution < -0.4 is 0 Å². The molecule has 0 amide bonds. The van der Waals surface area contributed by atoms with E-state index in [0.29, 0.717) is 12.5 Å². The fraction of sp³-hybridized carbons (Fsp3) is 1.00. The molecule has 0 unspecified atom stereocenters. The predicted molar refractivity (Wildman–Crippen MR) is 69.6 cm³/mol. The quantitative estimate of drug-likeness (QED) is 0.730. The molecule has 1 saturated carbocycles. The van der Waals surface area contributed by atoms with Crippen molar-refractivity contribution in [1.29, 1.82) is 0 Å². The van der Waals surface area contributed by atoms with Crippen molar-refractivity contribution in [2.45, 2.75) is 52.4 Å². The molecule has 1 rings (SSSR count). The molecule has 2 nitrogen and oxygen atoms in total. The number of hydrogen-bond acceptors (Lipinski definition) is 2. The minimum absolute atomic E-state index is 0.195. The Balaban J connectivity index is 2.50. The van der Waals surface area contributed by atoms with Gasteiger partial charge in [0.25, 0.3) is 0 Å². The Morgan fingerprint density at radius 2 is 1.69 bits per heavy atom. The molecular weight excluding hydrogens is 198 g/mol. The van der Waals surface area contributed by atoms with Gasteiger partial charge in [-0.05, 0) is 25.8 Å². The van der Waals surface area contributed by atoms with E-state index in [-0.39, 0.29) is 5.41 Å². The summed E-state index contributed by atoms with van der Waals surface area (Å²) < 4.78 is 0. The van der Waals surface area contributed by atoms with E-state index in [4.69, 9.17) is 0 Å². The first-order valence-corrected chi connectivity index (χ1v) is 6.87. The van der Waals surface area contributed by atoms with Crippen LogP contribution in [-0.4, -0.2) is 36.8 Å². The van der Waals surface area contributed by atoms with Crippen LogP contribution in [0.2, 0.25) is 0 Å². The van der Waals surface area contributed by atoms with Crippen LogP contribution in [0.15, 0.2) is 0 Å². The molecule has 0 atom stereocenters. The van der Waals surface area contributed by atoms with E-state index in [1.165, 1.54) is 38.5 Å². The van der Waals surface area contributed by atoms with Gasteiger partial charge >= 0.3 is 0 Å². The van der Waals surface area contributed by atoms with Crippen molar-refractivity contribution in [2.24, 2.45) is 11.3 Å². The summed E-state index contributed by atoms with van der Waals surface area (Å²) in [5.74, 6) is 0.714. The van der Waals surface area contributed by atoms with Crippen LogP contribution in [0.3, 0.4) is 0 Å². The SMILES string of the molecule is CC(C)CN(C)CC1(CO)CCCCCC1. The lowest BCUT2D eigenvalue weighted by Crippen LogP contribution is -2.39. The minimum atomic E-state index is 0.195. The molecule has 96 valence electrons. The third-order valence-electron chi connectivity index (χ3n) is 3.78. The smallest absolute Gasteiger partial charge is 0.0499 e. The molecule has 0 aromatic heterocycles. The van der Waals surface area contributed by atoms with Crippen molar-refractivity contribution >= 4 is 0 Å². The predicted octanol–water partition coefficient (Wildman–Crippen LogP) is 2.91. The van der Waals surface area contributed by atoms with Crippen LogP contribution >= 0.6 is 0 Å². The summed E-state index contributed by atoms with van der Waals surface area (Å²) in [5, 5.41) is 9.72. The summed E-state index contributed by atoms with van der Waals surface area (Å²) in [6.45, 7) is 7.10. The molecule has 16 heavy (non-hydrogen) atoms. The van der Waals surface area contributed by atoms with Gasteiger partial charge in [0.05, 0.1) is 0 Å². The zero-order valence-corrected chi connectivity index (χ0v) is 11.3. The zero-order valence-electron chi connectivity index (χ0n) is 11.3. The highest BCUT2D eigenvalue weighted by atomic mass is 16.3. The lowest BCUT2D eigenvalue weighted by molar-refractivity contribution is 0.0651. The van der Waals surface area contributed by atoms with Gasteiger partial charge in [-0.15, -0.1) is 0 Å². The van der Waals surface area contributed by atoms with Crippen LogP contribution in [0.5, 0.6) is 0 Å². The molecule has 2 heteroatoms. The number of rotatable bonds is 5. The number of nitrogens with zero attached hydrogens (tertiary/aromatic N) is 1. The Morgan fingerprint density at radius 3 is 2.12 bits per heavy atom. The minimum Gasteiger partial charge on any atom is -0.396 e. The molecule has 0 heterocycles. The molecule has 1 aliphatic rings. The Labute approximate surface area is 101 Å². The topological polar surface area (TPSA) is 23.5 Å². The highest BCUT2D eigenvalue weighted by Crippen LogP contribution is 2.35. The number of aliphatic hydroxyl groups excluding tert-OH is 1. The van der Waals surface area contributed by atoms with Gasteiger partial charge in [0.15, 0.2) is 0 Å². The maximum Gasteiger partial charge on any atom is 0.0499 e. The van der Waals surface area contributed by atoms with Crippen molar-refractivity contribution in [3.8, 4) is 0 Å². The molecular formula is C14H29NO. The molecule has 0 aliphatic heterocycles. The van der Waals surface area contributed by atoms with Crippen LogP contribution in [0, 0.1) is 11.3 Å². The van der Waals surface area contributed by atoms with E-state index in [0.717, 1.165) is 13.1 Å². The molecule has 1 fully saturated rings. The normalized spacial score (nSPS) is 21.4. The summed E-state index contributed by atoms with van der Waals surface area (Å²) in [4.78, 5) is 2.41. The van der Waals surface area contributed by atoms with E-state index >= 15 is 0 Å². The van der Waals surface area contributed by atoms with E-state index in [9.17, 15) is 5.11 Å². The van der Waals surface area contributed by atoms with E-state index in [2.05, 4.69) is 25.8 Å². The molecule has 1 N–H and O–H groups in total. The summed E-state index contributed by atoms with van der Waals surface area (Å²) in [6, 6.07) is 0. The zero-order chi connectivity index (χ0) is 12.0. The van der Waals surface area contributed by atoms with Crippen molar-refractivity contribution < 1.29 is 5.11 Å². The summed E-state index contributed by atoms with van der Waals surface area (Å²) >= 11 is 0. The lowest BCUT2D eigenvalue weighted by Gasteiger charge is -2.35. The van der Waals surface area contributed by atoms with Gasteiger partial charge in [-0.1, -0.05) is 39.5 Å². The molecule has 0 spiro atoms. The first-order chi connectivity index (χ1) is 7.58. The van der Waals surface area contributed by atoms with E-state index in [1.54, 1.807) is 0 Å². The van der Waals surface area contributed by atoms with E-state index in [1.807, 2.05) is 0 Å². The molecule has 0 aromatic rings. The molecule has 0 saturated heterocycles. The van der Waals surface area contributed by atoms with Gasteiger partial charge < -0.3 is 10.0 Å². The van der Waals surface area contributed by atoms with Gasteiger partial charge in [-0.3, -0.25) is 0 Å². The lowest BCUT2D eigenvalue weighted by atomic mass is 9.80. The van der Waals surface area contributed by atoms with Crippen LogP contribution in [0.4, 0.5) is 0 Å². The monoisotopic (exact) mass is 227 g/mol. The molecule has 0 radical (unpaired) electrons. The van der Waals surface area contributed by atoms with Crippen molar-refractivity contribution in [3.05, 3.63) is 0 Å². The molecule has 0 bridgehead atoms. The summed E-state index contributed by atoms with van der Waals surface area (Å²) in [7, 11) is 2.20. The van der Waals surface area contributed by atoms with Crippen LogP contribution in [0.25, 0.3) is 0 Å². The van der Waals surface area contributed by atoms with Gasteiger partial charge in [-0.2, -0.15) is 0 Å². The fourth-order valence-corrected chi connectivity index (χ4v) is 3.11. The van der Waals surface area contributed by atoms with Crippen LogP contribution in [0.1, 0.15) is 52.4 Å². The van der Waals surface area contributed by atoms with E-state index < -0.39 is 0 Å². The maximum atomic E-state index is 9.72. The highest BCUT2D eigenvalue weighted by Gasteiger charge is 2.31. The van der Waals surface area contributed by atoms with Gasteiger partial charge in [-0.25, -0.2) is 0 Å². The number of hydrogen-bond donors (Lipinski definition) is 1. The first kappa shape index (κ1) is 14.0. The third-order valence-corrected chi connectivity index (χ3v) is 3.78. The third kappa shape index (κ3) is 4.42. The second-order valence-corrected chi connectivity index (χ2v) is 6.16. The van der Waals surface area contributed by atoms with Crippen LogP contribution in [-0.2, 0) is 0 Å². The van der Waals surface area contributed by atoms with Gasteiger partial charge in [0.1, 0.15) is 0 Å². The first-order valence-electron chi connectivity index (χ1n) is 6.87. The largest absolute Gasteiger partial charge is 0.396 e. The molecule has 1 aliphatic carbocycles. The Kier molecular flexibility index (Phi) is 5.77. The molecule has 0 aromatic carbocycles. The fourth-order valence-electron chi connectivity index (χ4n) is 3.11. The van der Waals surface area contributed by atoms with Gasteiger partial charge in [0.2, 0.25) is 0 Å².